The van der Waals surface area contributed by atoms with Crippen LogP contribution in [0.4, 0.5) is 5.69 Å². The van der Waals surface area contributed by atoms with E-state index in [4.69, 9.17) is 11.6 Å². The molecular weight excluding hydrogens is 605 g/mol. The van der Waals surface area contributed by atoms with Crippen LogP contribution >= 0.6 is 0 Å². The van der Waals surface area contributed by atoms with Gasteiger partial charge >= 0.3 is 0 Å². The van der Waals surface area contributed by atoms with E-state index in [2.05, 4.69) is 150 Å². The third-order valence-electron chi connectivity index (χ3n) is 10.2. The van der Waals surface area contributed by atoms with Crippen molar-refractivity contribution in [1.82, 2.24) is 4.98 Å². The fourth-order valence-corrected chi connectivity index (χ4v) is 8.02. The summed E-state index contributed by atoms with van der Waals surface area (Å²) in [6.07, 6.45) is 0. The third kappa shape index (κ3) is 4.24. The lowest BCUT2D eigenvalue weighted by molar-refractivity contribution is 1.43. The number of hydrogen-bond acceptors (Lipinski definition) is 1. The fraction of sp³-hybridized carbons (Fsp3) is 0. The zero-order valence-corrected chi connectivity index (χ0v) is 27.1. The molecule has 0 radical (unpaired) electrons. The predicted octanol–water partition coefficient (Wildman–Crippen LogP) is 13.6. The van der Waals surface area contributed by atoms with E-state index in [0.717, 1.165) is 33.1 Å². The van der Waals surface area contributed by atoms with Crippen molar-refractivity contribution < 1.29 is 0 Å². The summed E-state index contributed by atoms with van der Waals surface area (Å²) in [6, 6.07) is 60.6. The first kappa shape index (κ1) is 28.2. The molecule has 0 atom stereocenters. The lowest BCUT2D eigenvalue weighted by Crippen LogP contribution is -1.93. The van der Waals surface area contributed by atoms with Crippen LogP contribution in [0.5, 0.6) is 0 Å². The normalized spacial score (nSPS) is 11.6. The first-order valence-electron chi connectivity index (χ1n) is 16.9. The van der Waals surface area contributed by atoms with Gasteiger partial charge in [0.25, 0.3) is 0 Å². The maximum absolute atomic E-state index is 7.48. The van der Waals surface area contributed by atoms with Crippen molar-refractivity contribution in [3.63, 3.8) is 0 Å². The molecule has 0 saturated heterocycles. The molecule has 230 valence electrons. The minimum atomic E-state index is 0.622. The van der Waals surface area contributed by atoms with Crippen LogP contribution in [0.25, 0.3) is 103 Å². The molecule has 1 aromatic heterocycles. The highest BCUT2D eigenvalue weighted by atomic mass is 14.7. The van der Waals surface area contributed by atoms with Gasteiger partial charge in [0.2, 0.25) is 0 Å². The highest BCUT2D eigenvalue weighted by Crippen LogP contribution is 2.46. The molecule has 0 spiro atoms. The largest absolute Gasteiger partial charge is 0.247 e. The molecule has 0 unspecified atom stereocenters. The van der Waals surface area contributed by atoms with E-state index in [1.54, 1.807) is 0 Å². The van der Waals surface area contributed by atoms with Gasteiger partial charge in [0.15, 0.2) is 5.69 Å². The summed E-state index contributed by atoms with van der Waals surface area (Å²) in [7, 11) is 0. The quantitative estimate of drug-likeness (QED) is 0.108. The molecule has 1 heterocycles. The molecule has 0 aliphatic rings. The number of pyridine rings is 1. The monoisotopic (exact) mass is 632 g/mol. The Bertz CT molecular complexity index is 2980. The molecule has 10 rings (SSSR count). The fourth-order valence-electron chi connectivity index (χ4n) is 8.02. The van der Waals surface area contributed by atoms with Crippen LogP contribution in [0, 0.1) is 6.57 Å². The van der Waals surface area contributed by atoms with Gasteiger partial charge in [0.1, 0.15) is 0 Å². The van der Waals surface area contributed by atoms with E-state index in [1.807, 2.05) is 24.3 Å². The Morgan fingerprint density at radius 2 is 0.940 bits per heavy atom. The number of rotatable bonds is 3. The van der Waals surface area contributed by atoms with E-state index in [0.29, 0.717) is 5.69 Å². The van der Waals surface area contributed by atoms with Crippen molar-refractivity contribution in [3.8, 4) is 33.5 Å². The molecule has 0 amide bonds. The van der Waals surface area contributed by atoms with E-state index in [-0.39, 0.29) is 0 Å². The Morgan fingerprint density at radius 3 is 1.62 bits per heavy atom. The van der Waals surface area contributed by atoms with Crippen LogP contribution in [-0.2, 0) is 0 Å². The molecule has 10 aromatic rings. The maximum Gasteiger partial charge on any atom is 0.187 e. The van der Waals surface area contributed by atoms with Crippen molar-refractivity contribution in [2.24, 2.45) is 0 Å². The molecule has 2 heteroatoms. The second-order valence-corrected chi connectivity index (χ2v) is 12.9. The molecule has 9 aromatic carbocycles. The molecular formula is C48H28N2. The third-order valence-corrected chi connectivity index (χ3v) is 10.2. The zero-order valence-electron chi connectivity index (χ0n) is 27.1. The number of nitrogens with zero attached hydrogens (tertiary/aromatic N) is 2. The van der Waals surface area contributed by atoms with Gasteiger partial charge in [-0.2, -0.15) is 0 Å². The lowest BCUT2D eigenvalue weighted by atomic mass is 9.84. The topological polar surface area (TPSA) is 17.2 Å². The van der Waals surface area contributed by atoms with Crippen molar-refractivity contribution in [1.29, 1.82) is 0 Å². The van der Waals surface area contributed by atoms with Crippen molar-refractivity contribution in [2.45, 2.75) is 0 Å². The first-order valence-corrected chi connectivity index (χ1v) is 16.9. The molecule has 0 N–H and O–H groups in total. The molecule has 0 aliphatic heterocycles. The number of aromatic nitrogens is 1. The van der Waals surface area contributed by atoms with E-state index < -0.39 is 0 Å². The molecule has 0 bridgehead atoms. The van der Waals surface area contributed by atoms with Gasteiger partial charge in [0, 0.05) is 16.2 Å². The summed E-state index contributed by atoms with van der Waals surface area (Å²) in [5, 5.41) is 13.2. The zero-order chi connectivity index (χ0) is 33.2. The number of fused-ring (bicyclic) bond motifs is 8. The Labute approximate surface area is 289 Å². The summed E-state index contributed by atoms with van der Waals surface area (Å²) in [5.41, 5.74) is 8.35. The highest BCUT2D eigenvalue weighted by Gasteiger charge is 2.19. The van der Waals surface area contributed by atoms with Gasteiger partial charge < -0.3 is 0 Å². The van der Waals surface area contributed by atoms with Crippen LogP contribution in [0.2, 0.25) is 0 Å². The summed E-state index contributed by atoms with van der Waals surface area (Å²) in [5.74, 6) is 0. The van der Waals surface area contributed by atoms with E-state index in [9.17, 15) is 0 Å². The minimum Gasteiger partial charge on any atom is -0.247 e. The average molecular weight is 633 g/mol. The van der Waals surface area contributed by atoms with Gasteiger partial charge in [-0.05, 0) is 77.0 Å². The van der Waals surface area contributed by atoms with Crippen LogP contribution in [0.3, 0.4) is 0 Å². The van der Waals surface area contributed by atoms with Crippen LogP contribution < -0.4 is 0 Å². The molecule has 0 saturated carbocycles. The highest BCUT2D eigenvalue weighted by molar-refractivity contribution is 6.25. The van der Waals surface area contributed by atoms with Crippen LogP contribution in [0.15, 0.2) is 170 Å². The van der Waals surface area contributed by atoms with Gasteiger partial charge in [-0.15, -0.1) is 0 Å². The molecule has 50 heavy (non-hydrogen) atoms. The second kappa shape index (κ2) is 11.1. The number of benzene rings is 9. The van der Waals surface area contributed by atoms with Crippen molar-refractivity contribution in [2.75, 3.05) is 0 Å². The SMILES string of the molecule is [C-]#[N+]c1ccc(-c2nc3cc(-c4c5ccccc5c(-c5cccc6ccccc56)c5ccccc45)ccc3c3c2ccc2ccccc23)cc1. The maximum atomic E-state index is 7.48. The van der Waals surface area contributed by atoms with Crippen LogP contribution in [0.1, 0.15) is 0 Å². The Hall–Kier alpha value is -6.82. The molecule has 0 aliphatic carbocycles. The van der Waals surface area contributed by atoms with Gasteiger partial charge in [-0.1, -0.05) is 164 Å². The smallest absolute Gasteiger partial charge is 0.187 e. The average Bonchev–Trinajstić information content (AvgIpc) is 3.19. The second-order valence-electron chi connectivity index (χ2n) is 12.9. The van der Waals surface area contributed by atoms with Crippen molar-refractivity contribution >= 4 is 70.5 Å². The predicted molar refractivity (Wildman–Crippen MR) is 212 cm³/mol. The Kier molecular flexibility index (Phi) is 6.28. The summed E-state index contributed by atoms with van der Waals surface area (Å²) >= 11 is 0. The van der Waals surface area contributed by atoms with Crippen LogP contribution in [-0.4, -0.2) is 4.98 Å². The van der Waals surface area contributed by atoms with E-state index >= 15 is 0 Å². The number of hydrogen-bond donors (Lipinski definition) is 0. The van der Waals surface area contributed by atoms with Gasteiger partial charge in [0.05, 0.1) is 17.8 Å². The van der Waals surface area contributed by atoms with Gasteiger partial charge in [-0.3, -0.25) is 0 Å². The molecule has 0 fully saturated rings. The summed E-state index contributed by atoms with van der Waals surface area (Å²) in [4.78, 5) is 9.03. The standard InChI is InChI=1S/C48H28N2/c1-49-34-25-21-32(22-26-34)48-43-28-23-31-12-3-5-15-36(31)46(43)42-27-24-33(29-44(42)50-48)45-38-16-6-8-18-40(38)47(41-19-9-7-17-39(41)45)37-20-10-13-30-11-2-4-14-35(30)37/h2-29H. The minimum absolute atomic E-state index is 0.622. The van der Waals surface area contributed by atoms with Gasteiger partial charge in [-0.25, -0.2) is 9.83 Å². The van der Waals surface area contributed by atoms with Crippen molar-refractivity contribution in [3.05, 3.63) is 181 Å². The Morgan fingerprint density at radius 1 is 0.400 bits per heavy atom. The summed E-state index contributed by atoms with van der Waals surface area (Å²) < 4.78 is 0. The summed E-state index contributed by atoms with van der Waals surface area (Å²) in [6.45, 7) is 7.48. The Balaban J connectivity index is 1.30. The first-order chi connectivity index (χ1) is 24.8. The van der Waals surface area contributed by atoms with E-state index in [1.165, 1.54) is 65.2 Å². The lowest BCUT2D eigenvalue weighted by Gasteiger charge is -2.19. The molecule has 2 nitrogen and oxygen atoms in total.